The van der Waals surface area contributed by atoms with E-state index in [0.29, 0.717) is 31.4 Å². The van der Waals surface area contributed by atoms with Crippen LogP contribution in [0.1, 0.15) is 56.4 Å². The number of carbonyl (C=O) groups excluding carboxylic acids is 2. The summed E-state index contributed by atoms with van der Waals surface area (Å²) in [6, 6.07) is 27.5. The molecule has 43 heavy (non-hydrogen) atoms. The Morgan fingerprint density at radius 1 is 0.977 bits per heavy atom. The smallest absolute Gasteiger partial charge is 0.258 e. The molecule has 1 aromatic heterocycles. The van der Waals surface area contributed by atoms with Crippen LogP contribution in [0.25, 0.3) is 11.0 Å². The fourth-order valence-corrected chi connectivity index (χ4v) is 6.08. The number of carbonyl (C=O) groups is 2. The standard InChI is InChI=1S/C36H35N3O4/c1-22-16-27(40)17-23(2)29(22)21-31(37)35(41)38-32-14-15-39(36(42)25-8-4-3-5-9-25)33-13-12-24(19-30(32)33)18-28-20-26-10-6-7-11-34(26)43-28/h3-13,16-17,19-20,31-32,40H,14-15,18,21,37H2,1-2H3,(H,38,41)/t31-,32+/m0/s1. The first-order valence-electron chi connectivity index (χ1n) is 14.6. The van der Waals surface area contributed by atoms with Gasteiger partial charge in [-0.05, 0) is 97.0 Å². The summed E-state index contributed by atoms with van der Waals surface area (Å²) in [5.41, 5.74) is 13.3. The Hall–Kier alpha value is -4.88. The predicted octanol–water partition coefficient (Wildman–Crippen LogP) is 6.12. The fourth-order valence-electron chi connectivity index (χ4n) is 6.08. The van der Waals surface area contributed by atoms with E-state index in [1.54, 1.807) is 17.0 Å². The van der Waals surface area contributed by atoms with Crippen molar-refractivity contribution in [3.05, 3.63) is 130 Å². The summed E-state index contributed by atoms with van der Waals surface area (Å²) in [5.74, 6) is 0.708. The molecule has 4 aromatic carbocycles. The molecule has 0 unspecified atom stereocenters. The molecular weight excluding hydrogens is 538 g/mol. The average Bonchev–Trinajstić information content (AvgIpc) is 3.41. The third-order valence-corrected chi connectivity index (χ3v) is 8.28. The van der Waals surface area contributed by atoms with Gasteiger partial charge in [-0.2, -0.15) is 0 Å². The fraction of sp³-hybridized carbons (Fsp3) is 0.222. The number of amides is 2. The van der Waals surface area contributed by atoms with Gasteiger partial charge in [-0.15, -0.1) is 0 Å². The van der Waals surface area contributed by atoms with Gasteiger partial charge in [-0.3, -0.25) is 9.59 Å². The molecule has 7 heteroatoms. The van der Waals surface area contributed by atoms with Crippen LogP contribution in [-0.2, 0) is 17.6 Å². The van der Waals surface area contributed by atoms with E-state index >= 15 is 0 Å². The van der Waals surface area contributed by atoms with E-state index < -0.39 is 6.04 Å². The number of fused-ring (bicyclic) bond motifs is 2. The Balaban J connectivity index is 1.28. The maximum absolute atomic E-state index is 13.6. The normalized spacial score (nSPS) is 15.2. The number of aromatic hydroxyl groups is 1. The number of rotatable bonds is 7. The van der Waals surface area contributed by atoms with Gasteiger partial charge in [0, 0.05) is 29.6 Å². The van der Waals surface area contributed by atoms with Crippen molar-refractivity contribution >= 4 is 28.5 Å². The molecule has 0 fully saturated rings. The third kappa shape index (κ3) is 5.90. The zero-order valence-electron chi connectivity index (χ0n) is 24.3. The molecule has 2 heterocycles. The number of hydrogen-bond donors (Lipinski definition) is 3. The molecule has 6 rings (SSSR count). The molecule has 7 nitrogen and oxygen atoms in total. The van der Waals surface area contributed by atoms with E-state index in [4.69, 9.17) is 10.2 Å². The number of nitrogens with one attached hydrogen (secondary N) is 1. The topological polar surface area (TPSA) is 109 Å². The average molecular weight is 574 g/mol. The van der Waals surface area contributed by atoms with E-state index in [-0.39, 0.29) is 23.6 Å². The highest BCUT2D eigenvalue weighted by atomic mass is 16.3. The molecule has 0 aliphatic carbocycles. The van der Waals surface area contributed by atoms with E-state index in [0.717, 1.165) is 50.2 Å². The Morgan fingerprint density at radius 3 is 2.44 bits per heavy atom. The summed E-state index contributed by atoms with van der Waals surface area (Å²) < 4.78 is 6.07. The Labute approximate surface area is 250 Å². The number of phenolic OH excluding ortho intramolecular Hbond substituents is 1. The molecule has 2 atom stereocenters. The zero-order chi connectivity index (χ0) is 30.1. The van der Waals surface area contributed by atoms with Crippen LogP contribution in [0.2, 0.25) is 0 Å². The molecule has 0 saturated heterocycles. The van der Waals surface area contributed by atoms with Crippen molar-refractivity contribution in [1.29, 1.82) is 0 Å². The van der Waals surface area contributed by atoms with Crippen molar-refractivity contribution in [2.45, 2.75) is 45.2 Å². The summed E-state index contributed by atoms with van der Waals surface area (Å²) >= 11 is 0. The summed E-state index contributed by atoms with van der Waals surface area (Å²) in [6.45, 7) is 4.28. The van der Waals surface area contributed by atoms with E-state index in [2.05, 4.69) is 11.4 Å². The maximum atomic E-state index is 13.6. The third-order valence-electron chi connectivity index (χ3n) is 8.28. The van der Waals surface area contributed by atoms with E-state index in [1.807, 2.05) is 86.6 Å². The van der Waals surface area contributed by atoms with Crippen LogP contribution in [0.3, 0.4) is 0 Å². The first-order chi connectivity index (χ1) is 20.8. The lowest BCUT2D eigenvalue weighted by atomic mass is 9.92. The molecule has 0 radical (unpaired) electrons. The molecule has 5 aromatic rings. The molecule has 0 saturated carbocycles. The predicted molar refractivity (Wildman–Crippen MR) is 168 cm³/mol. The van der Waals surface area contributed by atoms with Crippen molar-refractivity contribution < 1.29 is 19.1 Å². The number of para-hydroxylation sites is 1. The molecule has 1 aliphatic rings. The number of nitrogens with zero attached hydrogens (tertiary/aromatic N) is 1. The minimum atomic E-state index is -0.770. The second-order valence-electron chi connectivity index (χ2n) is 11.4. The van der Waals surface area contributed by atoms with Crippen molar-refractivity contribution in [3.63, 3.8) is 0 Å². The largest absolute Gasteiger partial charge is 0.508 e. The summed E-state index contributed by atoms with van der Waals surface area (Å²) in [7, 11) is 0. The molecule has 218 valence electrons. The van der Waals surface area contributed by atoms with Crippen LogP contribution < -0.4 is 16.0 Å². The molecule has 0 spiro atoms. The van der Waals surface area contributed by atoms with Gasteiger partial charge in [0.25, 0.3) is 5.91 Å². The minimum absolute atomic E-state index is 0.0772. The first kappa shape index (κ1) is 28.2. The maximum Gasteiger partial charge on any atom is 0.258 e. The number of furan rings is 1. The van der Waals surface area contributed by atoms with Gasteiger partial charge in [-0.1, -0.05) is 48.5 Å². The van der Waals surface area contributed by atoms with Crippen molar-refractivity contribution in [2.24, 2.45) is 5.73 Å². The van der Waals surface area contributed by atoms with Crippen molar-refractivity contribution in [2.75, 3.05) is 11.4 Å². The number of phenols is 1. The molecule has 0 bridgehead atoms. The highest BCUT2D eigenvalue weighted by Gasteiger charge is 2.31. The summed E-state index contributed by atoms with van der Waals surface area (Å²) in [6.07, 6.45) is 1.48. The van der Waals surface area contributed by atoms with Crippen LogP contribution in [-0.4, -0.2) is 29.5 Å². The number of anilines is 1. The van der Waals surface area contributed by atoms with Gasteiger partial charge in [0.2, 0.25) is 5.91 Å². The van der Waals surface area contributed by atoms with Gasteiger partial charge < -0.3 is 25.5 Å². The highest BCUT2D eigenvalue weighted by Crippen LogP contribution is 2.36. The number of nitrogens with two attached hydrogens (primary N) is 1. The van der Waals surface area contributed by atoms with Crippen LogP contribution in [0.5, 0.6) is 5.75 Å². The molecule has 4 N–H and O–H groups in total. The van der Waals surface area contributed by atoms with Crippen LogP contribution in [0.4, 0.5) is 5.69 Å². The molecular formula is C36H35N3O4. The van der Waals surface area contributed by atoms with Crippen LogP contribution in [0, 0.1) is 13.8 Å². The highest BCUT2D eigenvalue weighted by molar-refractivity contribution is 6.07. The number of hydrogen-bond acceptors (Lipinski definition) is 5. The lowest BCUT2D eigenvalue weighted by Crippen LogP contribution is -2.46. The van der Waals surface area contributed by atoms with E-state index in [9.17, 15) is 14.7 Å². The molecule has 1 aliphatic heterocycles. The monoisotopic (exact) mass is 573 g/mol. The quantitative estimate of drug-likeness (QED) is 0.217. The van der Waals surface area contributed by atoms with Crippen LogP contribution in [0.15, 0.2) is 95.4 Å². The lowest BCUT2D eigenvalue weighted by molar-refractivity contribution is -0.123. The summed E-state index contributed by atoms with van der Waals surface area (Å²) in [5, 5.41) is 14.1. The number of aryl methyl sites for hydroxylation is 2. The van der Waals surface area contributed by atoms with Gasteiger partial charge in [-0.25, -0.2) is 0 Å². The van der Waals surface area contributed by atoms with E-state index in [1.165, 1.54) is 0 Å². The van der Waals surface area contributed by atoms with Crippen LogP contribution >= 0.6 is 0 Å². The van der Waals surface area contributed by atoms with Gasteiger partial charge in [0.15, 0.2) is 0 Å². The first-order valence-corrected chi connectivity index (χ1v) is 14.6. The zero-order valence-corrected chi connectivity index (χ0v) is 24.3. The minimum Gasteiger partial charge on any atom is -0.508 e. The van der Waals surface area contributed by atoms with Gasteiger partial charge >= 0.3 is 0 Å². The van der Waals surface area contributed by atoms with Gasteiger partial charge in [0.05, 0.1) is 12.1 Å². The van der Waals surface area contributed by atoms with Crippen molar-refractivity contribution in [3.8, 4) is 5.75 Å². The Bertz CT molecular complexity index is 1750. The SMILES string of the molecule is Cc1cc(O)cc(C)c1C[C@H](N)C(=O)N[C@@H]1CCN(C(=O)c2ccccc2)c2ccc(Cc3cc4ccccc4o3)cc21. The molecule has 2 amide bonds. The second-order valence-corrected chi connectivity index (χ2v) is 11.4. The summed E-state index contributed by atoms with van der Waals surface area (Å²) in [4.78, 5) is 28.8. The second kappa shape index (κ2) is 11.8. The number of benzene rings is 4. The lowest BCUT2D eigenvalue weighted by Gasteiger charge is -2.35. The Morgan fingerprint density at radius 2 is 1.70 bits per heavy atom. The van der Waals surface area contributed by atoms with Gasteiger partial charge in [0.1, 0.15) is 17.1 Å². The Kier molecular flexibility index (Phi) is 7.74. The van der Waals surface area contributed by atoms with Crippen molar-refractivity contribution in [1.82, 2.24) is 5.32 Å².